The number of rotatable bonds is 5. The third-order valence-corrected chi connectivity index (χ3v) is 3.04. The highest BCUT2D eigenvalue weighted by molar-refractivity contribution is 5.80. The van der Waals surface area contributed by atoms with Crippen LogP contribution < -0.4 is 5.32 Å². The van der Waals surface area contributed by atoms with Crippen LogP contribution in [0.5, 0.6) is 0 Å². The zero-order valence-electron chi connectivity index (χ0n) is 11.8. The van der Waals surface area contributed by atoms with Crippen LogP contribution in [0, 0.1) is 5.41 Å². The third-order valence-electron chi connectivity index (χ3n) is 3.04. The van der Waals surface area contributed by atoms with E-state index in [0.29, 0.717) is 6.54 Å². The normalized spacial score (nSPS) is 15.2. The number of methoxy groups -OCH3 is 1. The summed E-state index contributed by atoms with van der Waals surface area (Å²) >= 11 is 0. The van der Waals surface area contributed by atoms with Gasteiger partial charge in [0.2, 0.25) is 5.91 Å². The van der Waals surface area contributed by atoms with Gasteiger partial charge in [0.15, 0.2) is 0 Å². The minimum absolute atomic E-state index is 0.0248. The Bertz CT molecular complexity index is 368. The van der Waals surface area contributed by atoms with E-state index in [1.807, 2.05) is 10.8 Å². The van der Waals surface area contributed by atoms with Gasteiger partial charge in [-0.2, -0.15) is 0 Å². The van der Waals surface area contributed by atoms with Crippen LogP contribution in [0.15, 0.2) is 18.7 Å². The summed E-state index contributed by atoms with van der Waals surface area (Å²) in [6.45, 7) is 8.75. The Balaban J connectivity index is 2.71. The van der Waals surface area contributed by atoms with Gasteiger partial charge in [-0.25, -0.2) is 4.98 Å². The van der Waals surface area contributed by atoms with Gasteiger partial charge in [-0.1, -0.05) is 20.8 Å². The SMILES string of the molecule is COC(C)C(=O)NC(Cn1ccnc1)C(C)(C)C. The Morgan fingerprint density at radius 2 is 2.17 bits per heavy atom. The number of hydrogen-bond acceptors (Lipinski definition) is 3. The van der Waals surface area contributed by atoms with Gasteiger partial charge in [0, 0.05) is 26.0 Å². The Labute approximate surface area is 109 Å². The summed E-state index contributed by atoms with van der Waals surface area (Å²) in [7, 11) is 1.53. The van der Waals surface area contributed by atoms with E-state index in [1.165, 1.54) is 7.11 Å². The number of carbonyl (C=O) groups is 1. The molecule has 5 heteroatoms. The molecule has 0 fully saturated rings. The minimum atomic E-state index is -0.433. The molecule has 0 bridgehead atoms. The van der Waals surface area contributed by atoms with Crippen LogP contribution in [0.25, 0.3) is 0 Å². The highest BCUT2D eigenvalue weighted by Crippen LogP contribution is 2.21. The lowest BCUT2D eigenvalue weighted by atomic mass is 9.86. The van der Waals surface area contributed by atoms with E-state index < -0.39 is 6.10 Å². The lowest BCUT2D eigenvalue weighted by Crippen LogP contribution is -2.49. The van der Waals surface area contributed by atoms with Gasteiger partial charge in [-0.3, -0.25) is 4.79 Å². The zero-order valence-corrected chi connectivity index (χ0v) is 11.8. The molecule has 0 radical (unpaired) electrons. The van der Waals surface area contributed by atoms with Crippen molar-refractivity contribution >= 4 is 5.91 Å². The lowest BCUT2D eigenvalue weighted by molar-refractivity contribution is -0.131. The standard InChI is InChI=1S/C13H23N3O2/c1-10(18-5)12(17)15-11(13(2,3)4)8-16-7-6-14-9-16/h6-7,9-11H,8H2,1-5H3,(H,15,17). The van der Waals surface area contributed by atoms with E-state index in [4.69, 9.17) is 4.74 Å². The number of imidazole rings is 1. The van der Waals surface area contributed by atoms with E-state index >= 15 is 0 Å². The summed E-state index contributed by atoms with van der Waals surface area (Å²) in [5.74, 6) is -0.0856. The number of carbonyl (C=O) groups excluding carboxylic acids is 1. The molecule has 18 heavy (non-hydrogen) atoms. The maximum absolute atomic E-state index is 11.9. The van der Waals surface area contributed by atoms with Crippen molar-refractivity contribution in [3.8, 4) is 0 Å². The van der Waals surface area contributed by atoms with Crippen molar-refractivity contribution in [3.05, 3.63) is 18.7 Å². The monoisotopic (exact) mass is 253 g/mol. The van der Waals surface area contributed by atoms with E-state index in [-0.39, 0.29) is 17.4 Å². The number of nitrogens with zero attached hydrogens (tertiary/aromatic N) is 2. The van der Waals surface area contributed by atoms with Crippen molar-refractivity contribution in [1.82, 2.24) is 14.9 Å². The van der Waals surface area contributed by atoms with Crippen LogP contribution in [-0.2, 0) is 16.1 Å². The molecule has 0 saturated carbocycles. The largest absolute Gasteiger partial charge is 0.372 e. The first kappa shape index (κ1) is 14.7. The Kier molecular flexibility index (Phi) is 4.90. The molecule has 0 aliphatic carbocycles. The minimum Gasteiger partial charge on any atom is -0.372 e. The maximum Gasteiger partial charge on any atom is 0.249 e. The Morgan fingerprint density at radius 3 is 2.61 bits per heavy atom. The highest BCUT2D eigenvalue weighted by atomic mass is 16.5. The molecule has 0 aromatic carbocycles. The molecule has 0 aliphatic heterocycles. The number of aromatic nitrogens is 2. The first-order chi connectivity index (χ1) is 8.34. The van der Waals surface area contributed by atoms with Crippen molar-refractivity contribution < 1.29 is 9.53 Å². The first-order valence-corrected chi connectivity index (χ1v) is 6.13. The second kappa shape index (κ2) is 6.00. The molecular formula is C13H23N3O2. The maximum atomic E-state index is 11.9. The molecule has 0 spiro atoms. The molecule has 1 N–H and O–H groups in total. The van der Waals surface area contributed by atoms with E-state index in [9.17, 15) is 4.79 Å². The quantitative estimate of drug-likeness (QED) is 0.864. The average Bonchev–Trinajstić information content (AvgIpc) is 2.78. The number of hydrogen-bond donors (Lipinski definition) is 1. The van der Waals surface area contributed by atoms with Crippen LogP contribution in [0.4, 0.5) is 0 Å². The predicted molar refractivity (Wildman–Crippen MR) is 70.1 cm³/mol. The van der Waals surface area contributed by atoms with Gasteiger partial charge >= 0.3 is 0 Å². The van der Waals surface area contributed by atoms with Crippen molar-refractivity contribution in [3.63, 3.8) is 0 Å². The zero-order chi connectivity index (χ0) is 13.8. The molecule has 2 unspecified atom stereocenters. The number of nitrogens with one attached hydrogen (secondary N) is 1. The number of ether oxygens (including phenoxy) is 1. The molecule has 1 rings (SSSR count). The van der Waals surface area contributed by atoms with Crippen molar-refractivity contribution in [1.29, 1.82) is 0 Å². The fourth-order valence-corrected chi connectivity index (χ4v) is 1.54. The average molecular weight is 253 g/mol. The van der Waals surface area contributed by atoms with Gasteiger partial charge < -0.3 is 14.6 Å². The van der Waals surface area contributed by atoms with Crippen molar-refractivity contribution in [2.75, 3.05) is 7.11 Å². The van der Waals surface area contributed by atoms with Crippen molar-refractivity contribution in [2.45, 2.75) is 46.4 Å². The molecule has 102 valence electrons. The third kappa shape index (κ3) is 4.14. The molecule has 1 amide bonds. The Morgan fingerprint density at radius 1 is 1.50 bits per heavy atom. The molecule has 5 nitrogen and oxygen atoms in total. The molecule has 0 saturated heterocycles. The van der Waals surface area contributed by atoms with E-state index in [0.717, 1.165) is 0 Å². The Hall–Kier alpha value is -1.36. The topological polar surface area (TPSA) is 56.1 Å². The predicted octanol–water partition coefficient (Wildman–Crippen LogP) is 1.45. The fourth-order valence-electron chi connectivity index (χ4n) is 1.54. The summed E-state index contributed by atoms with van der Waals surface area (Å²) < 4.78 is 7.00. The summed E-state index contributed by atoms with van der Waals surface area (Å²) in [6.07, 6.45) is 4.95. The molecule has 1 heterocycles. The van der Waals surface area contributed by atoms with Crippen LogP contribution in [0.2, 0.25) is 0 Å². The summed E-state index contributed by atoms with van der Waals surface area (Å²) in [6, 6.07) is 0.0248. The van der Waals surface area contributed by atoms with Gasteiger partial charge in [0.05, 0.1) is 12.4 Å². The van der Waals surface area contributed by atoms with Gasteiger partial charge in [-0.15, -0.1) is 0 Å². The van der Waals surface area contributed by atoms with Crippen molar-refractivity contribution in [2.24, 2.45) is 5.41 Å². The second-order valence-corrected chi connectivity index (χ2v) is 5.56. The highest BCUT2D eigenvalue weighted by Gasteiger charge is 2.28. The molecular weight excluding hydrogens is 230 g/mol. The van der Waals surface area contributed by atoms with Crippen LogP contribution >= 0.6 is 0 Å². The van der Waals surface area contributed by atoms with E-state index in [1.54, 1.807) is 19.4 Å². The lowest BCUT2D eigenvalue weighted by Gasteiger charge is -2.32. The molecule has 1 aromatic heterocycles. The molecule has 2 atom stereocenters. The summed E-state index contributed by atoms with van der Waals surface area (Å²) in [5.41, 5.74) is -0.0343. The first-order valence-electron chi connectivity index (χ1n) is 6.13. The molecule has 1 aromatic rings. The van der Waals surface area contributed by atoms with Crippen LogP contribution in [-0.4, -0.2) is 34.7 Å². The fraction of sp³-hybridized carbons (Fsp3) is 0.692. The van der Waals surface area contributed by atoms with Gasteiger partial charge in [0.1, 0.15) is 6.10 Å². The summed E-state index contributed by atoms with van der Waals surface area (Å²) in [5, 5.41) is 3.03. The summed E-state index contributed by atoms with van der Waals surface area (Å²) in [4.78, 5) is 15.9. The van der Waals surface area contributed by atoms with Gasteiger partial charge in [-0.05, 0) is 12.3 Å². The van der Waals surface area contributed by atoms with Crippen LogP contribution in [0.1, 0.15) is 27.7 Å². The number of amides is 1. The van der Waals surface area contributed by atoms with E-state index in [2.05, 4.69) is 31.1 Å². The second-order valence-electron chi connectivity index (χ2n) is 5.56. The van der Waals surface area contributed by atoms with Gasteiger partial charge in [0.25, 0.3) is 0 Å². The smallest absolute Gasteiger partial charge is 0.249 e. The molecule has 0 aliphatic rings. The van der Waals surface area contributed by atoms with Crippen LogP contribution in [0.3, 0.4) is 0 Å².